The maximum atomic E-state index is 13.3. The number of hydrogen-bond acceptors (Lipinski definition) is 3. The van der Waals surface area contributed by atoms with Gasteiger partial charge >= 0.3 is 0 Å². The van der Waals surface area contributed by atoms with Crippen molar-refractivity contribution in [3.05, 3.63) is 101 Å². The average molecular weight is 437 g/mol. The molecule has 0 aliphatic carbocycles. The summed E-state index contributed by atoms with van der Waals surface area (Å²) in [6, 6.07) is 23.1. The average Bonchev–Trinajstić information content (AvgIpc) is 2.75. The summed E-state index contributed by atoms with van der Waals surface area (Å²) in [5, 5.41) is 1.98. The highest BCUT2D eigenvalue weighted by atomic mass is 35.5. The van der Waals surface area contributed by atoms with Crippen molar-refractivity contribution in [1.29, 1.82) is 0 Å². The largest absolute Gasteiger partial charge is 0.489 e. The van der Waals surface area contributed by atoms with E-state index in [9.17, 15) is 9.59 Å². The number of nitrogens with one attached hydrogen (secondary N) is 1. The molecule has 0 spiro atoms. The number of rotatable bonds is 5. The lowest BCUT2D eigenvalue weighted by Crippen LogP contribution is -2.55. The lowest BCUT2D eigenvalue weighted by atomic mass is 10.1. The van der Waals surface area contributed by atoms with Crippen molar-refractivity contribution in [2.75, 3.05) is 0 Å². The lowest BCUT2D eigenvalue weighted by Gasteiger charge is -2.35. The van der Waals surface area contributed by atoms with E-state index in [1.165, 1.54) is 5.01 Å². The van der Waals surface area contributed by atoms with Crippen LogP contribution in [-0.4, -0.2) is 22.4 Å². The van der Waals surface area contributed by atoms with Gasteiger partial charge in [0.05, 0.1) is 5.54 Å². The number of carbonyl (C=O) groups is 2. The van der Waals surface area contributed by atoms with Crippen molar-refractivity contribution in [3.8, 4) is 5.75 Å². The number of halogens is 1. The number of hydrogen-bond donors (Lipinski definition) is 1. The minimum Gasteiger partial charge on any atom is -0.489 e. The van der Waals surface area contributed by atoms with Crippen LogP contribution >= 0.6 is 11.6 Å². The quantitative estimate of drug-likeness (QED) is 0.537. The Balaban J connectivity index is 1.76. The van der Waals surface area contributed by atoms with Crippen LogP contribution in [0, 0.1) is 0 Å². The van der Waals surface area contributed by atoms with Crippen LogP contribution in [0.3, 0.4) is 0 Å². The maximum Gasteiger partial charge on any atom is 0.272 e. The van der Waals surface area contributed by atoms with Gasteiger partial charge in [0.2, 0.25) is 0 Å². The van der Waals surface area contributed by atoms with Gasteiger partial charge in [-0.15, -0.1) is 0 Å². The Labute approximate surface area is 187 Å². The molecule has 0 fully saturated rings. The molecule has 0 heterocycles. The van der Waals surface area contributed by atoms with Gasteiger partial charge in [0.1, 0.15) is 12.4 Å². The van der Waals surface area contributed by atoms with E-state index >= 15 is 0 Å². The molecular formula is C25H25ClN2O3. The number of ether oxygens (including phenoxy) is 1. The van der Waals surface area contributed by atoms with Gasteiger partial charge in [-0.3, -0.25) is 15.0 Å². The van der Waals surface area contributed by atoms with Gasteiger partial charge in [-0.25, -0.2) is 5.01 Å². The van der Waals surface area contributed by atoms with Crippen molar-refractivity contribution < 1.29 is 14.3 Å². The Kier molecular flexibility index (Phi) is 6.98. The molecule has 0 atom stereocenters. The molecule has 0 aromatic heterocycles. The summed E-state index contributed by atoms with van der Waals surface area (Å²) < 4.78 is 5.84. The minimum atomic E-state index is -0.640. The fraction of sp³-hybridized carbons (Fsp3) is 0.200. The molecule has 160 valence electrons. The molecule has 0 bridgehead atoms. The molecule has 3 aromatic carbocycles. The monoisotopic (exact) mass is 436 g/mol. The first kappa shape index (κ1) is 22.4. The van der Waals surface area contributed by atoms with Crippen LogP contribution in [0.2, 0.25) is 5.02 Å². The van der Waals surface area contributed by atoms with Gasteiger partial charge in [0.15, 0.2) is 0 Å². The fourth-order valence-corrected chi connectivity index (χ4v) is 3.13. The van der Waals surface area contributed by atoms with Gasteiger partial charge in [-0.2, -0.15) is 0 Å². The van der Waals surface area contributed by atoms with Gasteiger partial charge in [0.25, 0.3) is 11.8 Å². The first-order valence-electron chi connectivity index (χ1n) is 9.92. The van der Waals surface area contributed by atoms with Gasteiger partial charge < -0.3 is 4.74 Å². The Morgan fingerprint density at radius 3 is 2.26 bits per heavy atom. The SMILES string of the molecule is CC(C)(C)N(NC(=O)c1ccccc1)C(=O)c1cccc(OCc2cccc(Cl)c2)c1. The molecule has 6 heteroatoms. The third-order valence-electron chi connectivity index (χ3n) is 4.50. The standard InChI is InChI=1S/C25H25ClN2O3/c1-25(2,3)28(27-23(29)19-10-5-4-6-11-19)24(30)20-12-8-14-22(16-20)31-17-18-9-7-13-21(26)15-18/h4-16H,17H2,1-3H3,(H,27,29). The third-order valence-corrected chi connectivity index (χ3v) is 4.73. The predicted molar refractivity (Wildman–Crippen MR) is 122 cm³/mol. The summed E-state index contributed by atoms with van der Waals surface area (Å²) in [4.78, 5) is 25.9. The van der Waals surface area contributed by atoms with Gasteiger partial charge in [-0.1, -0.05) is 48.0 Å². The van der Waals surface area contributed by atoms with Crippen LogP contribution in [0.4, 0.5) is 0 Å². The molecule has 31 heavy (non-hydrogen) atoms. The van der Waals surface area contributed by atoms with Crippen LogP contribution in [0.25, 0.3) is 0 Å². The number of nitrogens with zero attached hydrogens (tertiary/aromatic N) is 1. The second-order valence-corrected chi connectivity index (χ2v) is 8.50. The third kappa shape index (κ3) is 6.09. The molecule has 0 aliphatic rings. The Morgan fingerprint density at radius 1 is 0.903 bits per heavy atom. The van der Waals surface area contributed by atoms with E-state index < -0.39 is 5.54 Å². The van der Waals surface area contributed by atoms with E-state index in [-0.39, 0.29) is 11.8 Å². The lowest BCUT2D eigenvalue weighted by molar-refractivity contribution is 0.0358. The zero-order valence-corrected chi connectivity index (χ0v) is 18.5. The van der Waals surface area contributed by atoms with Crippen molar-refractivity contribution >= 4 is 23.4 Å². The van der Waals surface area contributed by atoms with Crippen molar-refractivity contribution in [3.63, 3.8) is 0 Å². The second-order valence-electron chi connectivity index (χ2n) is 8.06. The highest BCUT2D eigenvalue weighted by Gasteiger charge is 2.29. The Bertz CT molecular complexity index is 1060. The normalized spacial score (nSPS) is 11.0. The molecule has 0 saturated heterocycles. The fourth-order valence-electron chi connectivity index (χ4n) is 2.92. The van der Waals surface area contributed by atoms with E-state index in [2.05, 4.69) is 5.43 Å². The molecule has 0 aliphatic heterocycles. The first-order valence-corrected chi connectivity index (χ1v) is 10.3. The van der Waals surface area contributed by atoms with Crippen LogP contribution in [-0.2, 0) is 6.61 Å². The molecular weight excluding hydrogens is 412 g/mol. The van der Waals surface area contributed by atoms with Crippen molar-refractivity contribution in [2.45, 2.75) is 32.9 Å². The summed E-state index contributed by atoms with van der Waals surface area (Å²) in [6.07, 6.45) is 0. The topological polar surface area (TPSA) is 58.6 Å². The van der Waals surface area contributed by atoms with Crippen molar-refractivity contribution in [2.24, 2.45) is 0 Å². The van der Waals surface area contributed by atoms with Crippen LogP contribution < -0.4 is 10.2 Å². The van der Waals surface area contributed by atoms with Gasteiger partial charge in [0, 0.05) is 16.1 Å². The molecule has 2 amide bonds. The van der Waals surface area contributed by atoms with E-state index in [1.54, 1.807) is 54.6 Å². The van der Waals surface area contributed by atoms with Crippen LogP contribution in [0.1, 0.15) is 47.1 Å². The highest BCUT2D eigenvalue weighted by molar-refractivity contribution is 6.30. The van der Waals surface area contributed by atoms with Crippen LogP contribution in [0.15, 0.2) is 78.9 Å². The molecule has 3 aromatic rings. The Hall–Kier alpha value is -3.31. The summed E-state index contributed by atoms with van der Waals surface area (Å²) in [5.41, 5.74) is 3.92. The van der Waals surface area contributed by atoms with E-state index in [1.807, 2.05) is 45.0 Å². The maximum absolute atomic E-state index is 13.3. The minimum absolute atomic E-state index is 0.325. The first-order chi connectivity index (χ1) is 14.7. The zero-order chi connectivity index (χ0) is 22.4. The number of carbonyl (C=O) groups excluding carboxylic acids is 2. The number of amides is 2. The summed E-state index contributed by atoms with van der Waals surface area (Å²) in [6.45, 7) is 5.90. The summed E-state index contributed by atoms with van der Waals surface area (Å²) in [5.74, 6) is -0.128. The van der Waals surface area contributed by atoms with E-state index in [4.69, 9.17) is 16.3 Å². The van der Waals surface area contributed by atoms with Crippen molar-refractivity contribution in [1.82, 2.24) is 10.4 Å². The molecule has 1 N–H and O–H groups in total. The second kappa shape index (κ2) is 9.67. The summed E-state index contributed by atoms with van der Waals surface area (Å²) in [7, 11) is 0. The predicted octanol–water partition coefficient (Wildman–Crippen LogP) is 5.50. The number of hydrazine groups is 1. The van der Waals surface area contributed by atoms with Gasteiger partial charge in [-0.05, 0) is 68.8 Å². The molecule has 0 saturated carbocycles. The molecule has 5 nitrogen and oxygen atoms in total. The van der Waals surface area contributed by atoms with E-state index in [0.717, 1.165) is 5.56 Å². The Morgan fingerprint density at radius 2 is 1.58 bits per heavy atom. The highest BCUT2D eigenvalue weighted by Crippen LogP contribution is 2.21. The summed E-state index contributed by atoms with van der Waals surface area (Å²) >= 11 is 6.02. The van der Waals surface area contributed by atoms with Crippen LogP contribution in [0.5, 0.6) is 5.75 Å². The molecule has 0 radical (unpaired) electrons. The molecule has 3 rings (SSSR count). The van der Waals surface area contributed by atoms with E-state index in [0.29, 0.717) is 28.5 Å². The number of benzene rings is 3. The zero-order valence-electron chi connectivity index (χ0n) is 17.8. The molecule has 0 unspecified atom stereocenters. The smallest absolute Gasteiger partial charge is 0.272 e.